The quantitative estimate of drug-likeness (QED) is 0.700. The van der Waals surface area contributed by atoms with Crippen molar-refractivity contribution in [1.29, 1.82) is 0 Å². The number of halogens is 1. The fourth-order valence-electron chi connectivity index (χ4n) is 2.69. The third-order valence-corrected chi connectivity index (χ3v) is 4.55. The van der Waals surface area contributed by atoms with Crippen molar-refractivity contribution in [2.75, 3.05) is 6.61 Å². The van der Waals surface area contributed by atoms with Crippen molar-refractivity contribution in [3.63, 3.8) is 0 Å². The third kappa shape index (κ3) is 2.67. The lowest BCUT2D eigenvalue weighted by Gasteiger charge is -2.32. The van der Waals surface area contributed by atoms with Gasteiger partial charge in [-0.25, -0.2) is 0 Å². The SMILES string of the molecule is IS/C=C/C1COC2(CCCCC2)C1. The van der Waals surface area contributed by atoms with Crippen LogP contribution < -0.4 is 0 Å². The summed E-state index contributed by atoms with van der Waals surface area (Å²) in [5, 5.41) is 2.19. The van der Waals surface area contributed by atoms with E-state index in [1.165, 1.54) is 38.5 Å². The number of ether oxygens (including phenoxy) is 1. The third-order valence-electron chi connectivity index (χ3n) is 3.40. The molecule has 80 valence electrons. The summed E-state index contributed by atoms with van der Waals surface area (Å²) in [6.07, 6.45) is 10.3. The molecule has 0 aromatic carbocycles. The predicted molar refractivity (Wildman–Crippen MR) is 70.6 cm³/mol. The molecule has 1 atom stereocenters. The second-order valence-corrected chi connectivity index (χ2v) is 6.41. The van der Waals surface area contributed by atoms with Crippen LogP contribution in [0.3, 0.4) is 0 Å². The molecular weight excluding hydrogens is 307 g/mol. The maximum absolute atomic E-state index is 6.03. The molecule has 1 aliphatic carbocycles. The van der Waals surface area contributed by atoms with Gasteiger partial charge in [0.15, 0.2) is 0 Å². The Kier molecular flexibility index (Phi) is 4.20. The molecule has 3 heteroatoms. The van der Waals surface area contributed by atoms with Crippen molar-refractivity contribution in [3.8, 4) is 0 Å². The molecule has 2 fully saturated rings. The van der Waals surface area contributed by atoms with Crippen LogP contribution in [-0.2, 0) is 4.74 Å². The van der Waals surface area contributed by atoms with Crippen LogP contribution in [0.1, 0.15) is 38.5 Å². The first-order chi connectivity index (χ1) is 6.85. The van der Waals surface area contributed by atoms with E-state index in [-0.39, 0.29) is 5.60 Å². The first-order valence-corrected chi connectivity index (χ1v) is 8.85. The maximum atomic E-state index is 6.03. The predicted octanol–water partition coefficient (Wildman–Crippen LogP) is 4.32. The lowest BCUT2D eigenvalue weighted by Crippen LogP contribution is -2.30. The maximum Gasteiger partial charge on any atom is 0.0689 e. The zero-order valence-electron chi connectivity index (χ0n) is 8.38. The Morgan fingerprint density at radius 2 is 2.07 bits per heavy atom. The van der Waals surface area contributed by atoms with E-state index in [4.69, 9.17) is 4.74 Å². The van der Waals surface area contributed by atoms with Gasteiger partial charge in [0.2, 0.25) is 0 Å². The summed E-state index contributed by atoms with van der Waals surface area (Å²) in [6, 6.07) is 0. The van der Waals surface area contributed by atoms with Crippen LogP contribution in [0.25, 0.3) is 0 Å². The molecule has 2 aliphatic rings. The van der Waals surface area contributed by atoms with Crippen molar-refractivity contribution >= 4 is 30.1 Å². The van der Waals surface area contributed by atoms with Gasteiger partial charge in [-0.15, -0.1) is 0 Å². The number of rotatable bonds is 2. The van der Waals surface area contributed by atoms with Crippen LogP contribution in [0, 0.1) is 5.92 Å². The second kappa shape index (κ2) is 5.21. The summed E-state index contributed by atoms with van der Waals surface area (Å²) in [5.74, 6) is 0.676. The first-order valence-electron chi connectivity index (χ1n) is 5.43. The van der Waals surface area contributed by atoms with E-state index in [1.807, 2.05) is 0 Å². The monoisotopic (exact) mass is 324 g/mol. The van der Waals surface area contributed by atoms with Crippen molar-refractivity contribution in [3.05, 3.63) is 11.5 Å². The van der Waals surface area contributed by atoms with Gasteiger partial charge in [-0.2, -0.15) is 0 Å². The highest BCUT2D eigenvalue weighted by Crippen LogP contribution is 2.42. The van der Waals surface area contributed by atoms with Gasteiger partial charge in [0.1, 0.15) is 0 Å². The molecule has 14 heavy (non-hydrogen) atoms. The minimum atomic E-state index is 0.281. The summed E-state index contributed by atoms with van der Waals surface area (Å²) in [7, 11) is 1.76. The summed E-state index contributed by atoms with van der Waals surface area (Å²) in [5.41, 5.74) is 0.281. The van der Waals surface area contributed by atoms with Crippen LogP contribution in [0.5, 0.6) is 0 Å². The minimum absolute atomic E-state index is 0.281. The highest BCUT2D eigenvalue weighted by Gasteiger charge is 2.39. The van der Waals surface area contributed by atoms with E-state index >= 15 is 0 Å². The molecular formula is C11H17IOS. The van der Waals surface area contributed by atoms with Crippen LogP contribution in [-0.4, -0.2) is 12.2 Å². The number of hydrogen-bond acceptors (Lipinski definition) is 2. The van der Waals surface area contributed by atoms with Gasteiger partial charge in [0.05, 0.1) is 12.2 Å². The smallest absolute Gasteiger partial charge is 0.0689 e. The van der Waals surface area contributed by atoms with Crippen LogP contribution in [0.2, 0.25) is 0 Å². The lowest BCUT2D eigenvalue weighted by atomic mass is 9.81. The van der Waals surface area contributed by atoms with Gasteiger partial charge >= 0.3 is 0 Å². The molecule has 1 heterocycles. The van der Waals surface area contributed by atoms with Gasteiger partial charge in [-0.1, -0.05) is 34.3 Å². The Labute approximate surface area is 103 Å². The largest absolute Gasteiger partial charge is 0.374 e. The van der Waals surface area contributed by atoms with Gasteiger partial charge in [0.25, 0.3) is 0 Å². The lowest BCUT2D eigenvalue weighted by molar-refractivity contribution is -0.0246. The molecule has 2 rings (SSSR count). The van der Waals surface area contributed by atoms with Crippen molar-refractivity contribution in [2.45, 2.75) is 44.1 Å². The highest BCUT2D eigenvalue weighted by atomic mass is 127. The highest BCUT2D eigenvalue weighted by molar-refractivity contribution is 14.2. The Hall–Kier alpha value is 0.780. The normalized spacial score (nSPS) is 31.6. The molecule has 0 radical (unpaired) electrons. The van der Waals surface area contributed by atoms with Gasteiger partial charge in [-0.05, 0) is 24.7 Å². The summed E-state index contributed by atoms with van der Waals surface area (Å²) < 4.78 is 6.03. The van der Waals surface area contributed by atoms with Crippen molar-refractivity contribution in [1.82, 2.24) is 0 Å². The van der Waals surface area contributed by atoms with E-state index in [0.29, 0.717) is 5.92 Å². The van der Waals surface area contributed by atoms with E-state index < -0.39 is 0 Å². The van der Waals surface area contributed by atoms with Gasteiger partial charge < -0.3 is 4.74 Å². The average molecular weight is 324 g/mol. The molecule has 0 bridgehead atoms. The first kappa shape index (κ1) is 11.3. The fraction of sp³-hybridized carbons (Fsp3) is 0.818. The molecule has 0 aromatic rings. The zero-order valence-corrected chi connectivity index (χ0v) is 11.4. The fourth-order valence-corrected chi connectivity index (χ4v) is 3.48. The van der Waals surface area contributed by atoms with Crippen molar-refractivity contribution in [2.24, 2.45) is 5.92 Å². The molecule has 0 N–H and O–H groups in total. The minimum Gasteiger partial charge on any atom is -0.374 e. The standard InChI is InChI=1S/C11H17IOS/c12-14-7-4-10-8-11(13-9-10)5-2-1-3-6-11/h4,7,10H,1-3,5-6,8-9H2/b7-4+. The Morgan fingerprint density at radius 1 is 1.29 bits per heavy atom. The summed E-state index contributed by atoms with van der Waals surface area (Å²) >= 11 is 2.31. The van der Waals surface area contributed by atoms with E-state index in [0.717, 1.165) is 6.61 Å². The molecule has 1 saturated heterocycles. The molecule has 0 amide bonds. The molecule has 1 unspecified atom stereocenters. The van der Waals surface area contributed by atoms with Gasteiger partial charge in [0, 0.05) is 27.1 Å². The van der Waals surface area contributed by atoms with E-state index in [2.05, 4.69) is 32.7 Å². The molecule has 0 aromatic heterocycles. The van der Waals surface area contributed by atoms with Crippen LogP contribution in [0.4, 0.5) is 0 Å². The van der Waals surface area contributed by atoms with Crippen LogP contribution in [0.15, 0.2) is 11.5 Å². The van der Waals surface area contributed by atoms with Crippen molar-refractivity contribution < 1.29 is 4.74 Å². The van der Waals surface area contributed by atoms with E-state index in [9.17, 15) is 0 Å². The Bertz CT molecular complexity index is 211. The molecule has 1 spiro atoms. The topological polar surface area (TPSA) is 9.23 Å². The molecule has 1 saturated carbocycles. The molecule has 1 aliphatic heterocycles. The van der Waals surface area contributed by atoms with Crippen LogP contribution >= 0.6 is 30.1 Å². The second-order valence-electron chi connectivity index (χ2n) is 4.44. The summed E-state index contributed by atoms with van der Waals surface area (Å²) in [6.45, 7) is 0.952. The van der Waals surface area contributed by atoms with E-state index in [1.54, 1.807) is 8.93 Å². The average Bonchev–Trinajstić information content (AvgIpc) is 2.60. The Morgan fingerprint density at radius 3 is 2.79 bits per heavy atom. The zero-order chi connectivity index (χ0) is 9.86. The number of hydrogen-bond donors (Lipinski definition) is 0. The Balaban J connectivity index is 1.89. The summed E-state index contributed by atoms with van der Waals surface area (Å²) in [4.78, 5) is 0. The molecule has 1 nitrogen and oxygen atoms in total. The van der Waals surface area contributed by atoms with Gasteiger partial charge in [-0.3, -0.25) is 0 Å².